The van der Waals surface area contributed by atoms with Gasteiger partial charge in [0.15, 0.2) is 0 Å². The third-order valence-corrected chi connectivity index (χ3v) is 7.56. The number of nitriles is 2. The Morgan fingerprint density at radius 3 is 1.64 bits per heavy atom. The fraction of sp³-hybridized carbons (Fsp3) is 0.162. The van der Waals surface area contributed by atoms with Gasteiger partial charge in [-0.1, -0.05) is 60.7 Å². The maximum Gasteiger partial charge on any atom is 0.211 e. The quantitative estimate of drug-likeness (QED) is 0.274. The summed E-state index contributed by atoms with van der Waals surface area (Å²) in [6, 6.07) is 40.4. The van der Waals surface area contributed by atoms with E-state index >= 15 is 0 Å². The molecule has 0 amide bonds. The number of allylic oxidation sites excluding steroid dienone is 3. The Morgan fingerprint density at radius 1 is 0.619 bits per heavy atom. The third-order valence-electron chi connectivity index (χ3n) is 7.56. The Labute approximate surface area is 248 Å². The number of para-hydroxylation sites is 1. The summed E-state index contributed by atoms with van der Waals surface area (Å²) in [6.45, 7) is 1.38. The molecule has 5 nitrogen and oxygen atoms in total. The van der Waals surface area contributed by atoms with Gasteiger partial charge in [0.2, 0.25) is 11.4 Å². The van der Waals surface area contributed by atoms with Crippen molar-refractivity contribution >= 4 is 33.9 Å². The molecule has 0 atom stereocenters. The molecule has 5 rings (SSSR count). The van der Waals surface area contributed by atoms with Gasteiger partial charge in [0.05, 0.1) is 30.5 Å². The van der Waals surface area contributed by atoms with Crippen molar-refractivity contribution in [1.82, 2.24) is 0 Å². The van der Waals surface area contributed by atoms with Crippen molar-refractivity contribution in [2.24, 2.45) is 0 Å². The Kier molecular flexibility index (Phi) is 8.92. The second kappa shape index (κ2) is 13.3. The van der Waals surface area contributed by atoms with Crippen LogP contribution in [0, 0.1) is 22.7 Å². The SMILES string of the molecule is CN(CCC#N)c1ccc(C(=C2C=CC(=[NH+]c3ccccc3)c3ccccc32)c2ccc(N(C)CCC#N)cc2)cc1. The monoisotopic (exact) mass is 548 g/mol. The van der Waals surface area contributed by atoms with Crippen LogP contribution in [-0.2, 0) is 0 Å². The highest BCUT2D eigenvalue weighted by atomic mass is 15.1. The van der Waals surface area contributed by atoms with E-state index in [0.29, 0.717) is 25.9 Å². The number of benzene rings is 4. The molecule has 1 N–H and O–H groups in total. The van der Waals surface area contributed by atoms with Gasteiger partial charge in [0.1, 0.15) is 0 Å². The van der Waals surface area contributed by atoms with Crippen molar-refractivity contribution in [3.05, 3.63) is 138 Å². The van der Waals surface area contributed by atoms with E-state index in [1.54, 1.807) is 0 Å². The number of nitrogens with zero attached hydrogens (tertiary/aromatic N) is 4. The highest BCUT2D eigenvalue weighted by Gasteiger charge is 2.23. The van der Waals surface area contributed by atoms with E-state index in [0.717, 1.165) is 50.6 Å². The average Bonchev–Trinajstić information content (AvgIpc) is 3.04. The second-order valence-corrected chi connectivity index (χ2v) is 10.3. The summed E-state index contributed by atoms with van der Waals surface area (Å²) in [4.78, 5) is 7.82. The van der Waals surface area contributed by atoms with E-state index in [4.69, 9.17) is 10.5 Å². The fourth-order valence-corrected chi connectivity index (χ4v) is 5.24. The topological polar surface area (TPSA) is 68.0 Å². The molecule has 0 bridgehead atoms. The first-order chi connectivity index (χ1) is 20.6. The molecular weight excluding hydrogens is 514 g/mol. The normalized spacial score (nSPS) is 12.8. The van der Waals surface area contributed by atoms with Gasteiger partial charge in [-0.2, -0.15) is 10.5 Å². The molecule has 1 aliphatic carbocycles. The minimum atomic E-state index is 0.486. The van der Waals surface area contributed by atoms with Crippen LogP contribution in [0.15, 0.2) is 115 Å². The van der Waals surface area contributed by atoms with Gasteiger partial charge in [-0.05, 0) is 64.2 Å². The number of rotatable bonds is 9. The molecule has 0 heterocycles. The Hall–Kier alpha value is -5.39. The summed E-state index contributed by atoms with van der Waals surface area (Å²) in [5.41, 5.74) is 11.1. The molecule has 0 unspecified atom stereocenters. The van der Waals surface area contributed by atoms with Gasteiger partial charge >= 0.3 is 0 Å². The van der Waals surface area contributed by atoms with Crippen LogP contribution in [0.1, 0.15) is 35.1 Å². The number of fused-ring (bicyclic) bond motifs is 1. The first kappa shape index (κ1) is 28.1. The van der Waals surface area contributed by atoms with Crippen molar-refractivity contribution in [3.8, 4) is 12.1 Å². The predicted molar refractivity (Wildman–Crippen MR) is 173 cm³/mol. The van der Waals surface area contributed by atoms with Crippen LogP contribution < -0.4 is 14.8 Å². The second-order valence-electron chi connectivity index (χ2n) is 10.3. The van der Waals surface area contributed by atoms with Crippen molar-refractivity contribution in [2.45, 2.75) is 12.8 Å². The largest absolute Gasteiger partial charge is 0.374 e. The van der Waals surface area contributed by atoms with Crippen molar-refractivity contribution in [1.29, 1.82) is 10.5 Å². The molecule has 0 fully saturated rings. The van der Waals surface area contributed by atoms with E-state index in [1.807, 2.05) is 32.3 Å². The lowest BCUT2D eigenvalue weighted by molar-refractivity contribution is -0.351. The van der Waals surface area contributed by atoms with Crippen LogP contribution in [0.5, 0.6) is 0 Å². The molecular formula is C37H34N5+. The van der Waals surface area contributed by atoms with E-state index < -0.39 is 0 Å². The number of nitrogens with one attached hydrogen (secondary N) is 1. The Morgan fingerprint density at radius 2 is 1.12 bits per heavy atom. The highest BCUT2D eigenvalue weighted by molar-refractivity contribution is 6.17. The van der Waals surface area contributed by atoms with Gasteiger partial charge < -0.3 is 9.80 Å². The molecule has 206 valence electrons. The maximum absolute atomic E-state index is 9.01. The highest BCUT2D eigenvalue weighted by Crippen LogP contribution is 2.37. The zero-order valence-electron chi connectivity index (χ0n) is 24.1. The van der Waals surface area contributed by atoms with E-state index in [9.17, 15) is 0 Å². The molecule has 1 aliphatic rings. The molecule has 0 spiro atoms. The molecule has 0 aromatic heterocycles. The van der Waals surface area contributed by atoms with Crippen LogP contribution in [0.4, 0.5) is 17.1 Å². The van der Waals surface area contributed by atoms with Crippen molar-refractivity contribution < 1.29 is 4.99 Å². The van der Waals surface area contributed by atoms with Gasteiger partial charge in [-0.3, -0.25) is 0 Å². The number of anilines is 2. The maximum atomic E-state index is 9.01. The predicted octanol–water partition coefficient (Wildman–Crippen LogP) is 6.12. The molecule has 0 saturated heterocycles. The molecule has 4 aromatic carbocycles. The summed E-state index contributed by atoms with van der Waals surface area (Å²) in [5.74, 6) is 0. The minimum absolute atomic E-state index is 0.486. The van der Waals surface area contributed by atoms with Crippen LogP contribution >= 0.6 is 0 Å². The third kappa shape index (κ3) is 6.33. The molecule has 0 aliphatic heterocycles. The molecule has 4 aromatic rings. The zero-order chi connectivity index (χ0) is 29.3. The van der Waals surface area contributed by atoms with E-state index in [1.165, 1.54) is 5.56 Å². The first-order valence-electron chi connectivity index (χ1n) is 14.2. The smallest absolute Gasteiger partial charge is 0.211 e. The average molecular weight is 549 g/mol. The molecule has 0 radical (unpaired) electrons. The first-order valence-corrected chi connectivity index (χ1v) is 14.2. The van der Waals surface area contributed by atoms with Gasteiger partial charge in [-0.25, -0.2) is 4.99 Å². The lowest BCUT2D eigenvalue weighted by atomic mass is 9.83. The van der Waals surface area contributed by atoms with Gasteiger partial charge in [0.25, 0.3) is 0 Å². The van der Waals surface area contributed by atoms with Crippen molar-refractivity contribution in [3.63, 3.8) is 0 Å². The lowest BCUT2D eigenvalue weighted by Gasteiger charge is -2.22. The van der Waals surface area contributed by atoms with Crippen LogP contribution in [0.2, 0.25) is 0 Å². The standard InChI is InChI=1S/C37H33N5/c1-41(26-8-24-38)31-18-14-28(15-19-31)37(29-16-20-32(21-17-29)42(2)27-9-25-39)35-22-23-36(34-13-7-6-12-33(34)35)40-30-10-4-3-5-11-30/h3-7,10-23H,8-9,26-27H2,1-2H3/p+1. The lowest BCUT2D eigenvalue weighted by Crippen LogP contribution is -2.66. The van der Waals surface area contributed by atoms with Crippen LogP contribution in [0.3, 0.4) is 0 Å². The summed E-state index contributed by atoms with van der Waals surface area (Å²) in [7, 11) is 4.04. The van der Waals surface area contributed by atoms with Gasteiger partial charge in [0, 0.05) is 56.8 Å². The summed E-state index contributed by atoms with van der Waals surface area (Å²) in [6.07, 6.45) is 5.35. The van der Waals surface area contributed by atoms with Crippen LogP contribution in [0.25, 0.3) is 11.1 Å². The Balaban J connectivity index is 1.63. The molecule has 5 heteroatoms. The van der Waals surface area contributed by atoms with E-state index in [-0.39, 0.29) is 0 Å². The van der Waals surface area contributed by atoms with Crippen molar-refractivity contribution in [2.75, 3.05) is 37.0 Å². The molecule has 42 heavy (non-hydrogen) atoms. The zero-order valence-corrected chi connectivity index (χ0v) is 24.1. The fourth-order valence-electron chi connectivity index (χ4n) is 5.24. The van der Waals surface area contributed by atoms with Crippen LogP contribution in [-0.4, -0.2) is 32.9 Å². The summed E-state index contributed by atoms with van der Waals surface area (Å²) in [5, 5.41) is 18.0. The number of hydrogen-bond acceptors (Lipinski definition) is 4. The minimum Gasteiger partial charge on any atom is -0.374 e. The van der Waals surface area contributed by atoms with Gasteiger partial charge in [-0.15, -0.1) is 0 Å². The summed E-state index contributed by atoms with van der Waals surface area (Å²) < 4.78 is 0. The van der Waals surface area contributed by atoms with E-state index in [2.05, 4.69) is 124 Å². The summed E-state index contributed by atoms with van der Waals surface area (Å²) >= 11 is 0. The molecule has 0 saturated carbocycles. The Bertz CT molecular complexity index is 1630. The number of hydrogen-bond donors (Lipinski definition) is 1.